The number of amides is 1. The zero-order valence-corrected chi connectivity index (χ0v) is 11.8. The summed E-state index contributed by atoms with van der Waals surface area (Å²) in [6.45, 7) is 5.37. The van der Waals surface area contributed by atoms with Crippen molar-refractivity contribution in [3.8, 4) is 0 Å². The van der Waals surface area contributed by atoms with Crippen molar-refractivity contribution in [1.29, 1.82) is 0 Å². The molecule has 2 aromatic rings. The average Bonchev–Trinajstić information content (AvgIpc) is 2.87. The van der Waals surface area contributed by atoms with E-state index >= 15 is 0 Å². The second-order valence-corrected chi connectivity index (χ2v) is 4.66. The van der Waals surface area contributed by atoms with Gasteiger partial charge in [0.15, 0.2) is 0 Å². The van der Waals surface area contributed by atoms with E-state index in [-0.39, 0.29) is 5.91 Å². The number of hydrogen-bond donors (Lipinski definition) is 1. The van der Waals surface area contributed by atoms with Crippen LogP contribution in [0.4, 0.5) is 0 Å². The zero-order chi connectivity index (χ0) is 14.4. The first kappa shape index (κ1) is 14.3. The Morgan fingerprint density at radius 1 is 1.45 bits per heavy atom. The fraction of sp³-hybridized carbons (Fsp3) is 0.312. The molecule has 4 nitrogen and oxygen atoms in total. The number of nitrogens with one attached hydrogen (secondary N) is 1. The molecule has 0 aliphatic rings. The maximum Gasteiger partial charge on any atom is 0.227 e. The minimum Gasteiger partial charge on any atom is -0.383 e. The quantitative estimate of drug-likeness (QED) is 0.786. The molecule has 0 saturated carbocycles. The van der Waals surface area contributed by atoms with Gasteiger partial charge in [0.1, 0.15) is 0 Å². The van der Waals surface area contributed by atoms with E-state index in [4.69, 9.17) is 4.74 Å². The van der Waals surface area contributed by atoms with E-state index in [1.807, 2.05) is 30.5 Å². The SMILES string of the molecule is C=CCN(CCOC)C(=O)Cc1c[nH]c2ccccc12. The lowest BCUT2D eigenvalue weighted by Crippen LogP contribution is -2.35. The number of nitrogens with zero attached hydrogens (tertiary/aromatic N) is 1. The second kappa shape index (κ2) is 6.91. The number of carbonyl (C=O) groups excluding carboxylic acids is 1. The highest BCUT2D eigenvalue weighted by atomic mass is 16.5. The molecular formula is C16H20N2O2. The molecule has 1 heterocycles. The fourth-order valence-corrected chi connectivity index (χ4v) is 2.23. The van der Waals surface area contributed by atoms with Gasteiger partial charge in [0.25, 0.3) is 0 Å². The molecule has 1 aromatic heterocycles. The normalized spacial score (nSPS) is 10.7. The summed E-state index contributed by atoms with van der Waals surface area (Å²) in [5.41, 5.74) is 2.08. The fourth-order valence-electron chi connectivity index (χ4n) is 2.23. The van der Waals surface area contributed by atoms with Gasteiger partial charge in [-0.05, 0) is 11.6 Å². The van der Waals surface area contributed by atoms with Crippen molar-refractivity contribution >= 4 is 16.8 Å². The van der Waals surface area contributed by atoms with Crippen LogP contribution >= 0.6 is 0 Å². The van der Waals surface area contributed by atoms with Gasteiger partial charge in [0.05, 0.1) is 13.0 Å². The van der Waals surface area contributed by atoms with Crippen molar-refractivity contribution < 1.29 is 9.53 Å². The summed E-state index contributed by atoms with van der Waals surface area (Å²) >= 11 is 0. The van der Waals surface area contributed by atoms with Crippen LogP contribution in [0, 0.1) is 0 Å². The van der Waals surface area contributed by atoms with Crippen LogP contribution in [0.3, 0.4) is 0 Å². The molecule has 0 aliphatic heterocycles. The van der Waals surface area contributed by atoms with Gasteiger partial charge in [-0.25, -0.2) is 0 Å². The maximum atomic E-state index is 12.4. The van der Waals surface area contributed by atoms with E-state index in [1.54, 1.807) is 18.1 Å². The molecule has 1 N–H and O–H groups in total. The minimum absolute atomic E-state index is 0.0895. The number of aromatic nitrogens is 1. The summed E-state index contributed by atoms with van der Waals surface area (Å²) in [5.74, 6) is 0.0895. The Bertz CT molecular complexity index is 589. The molecule has 106 valence electrons. The number of methoxy groups -OCH3 is 1. The first-order chi connectivity index (χ1) is 9.76. The maximum absolute atomic E-state index is 12.4. The molecule has 1 amide bonds. The van der Waals surface area contributed by atoms with Gasteiger partial charge in [-0.2, -0.15) is 0 Å². The Morgan fingerprint density at radius 3 is 3.00 bits per heavy atom. The average molecular weight is 272 g/mol. The number of rotatable bonds is 7. The van der Waals surface area contributed by atoms with Crippen molar-refractivity contribution in [2.75, 3.05) is 26.8 Å². The van der Waals surface area contributed by atoms with Crippen molar-refractivity contribution in [2.45, 2.75) is 6.42 Å². The molecule has 0 saturated heterocycles. The van der Waals surface area contributed by atoms with Crippen LogP contribution in [0.2, 0.25) is 0 Å². The Balaban J connectivity index is 2.10. The first-order valence-corrected chi connectivity index (χ1v) is 6.69. The summed E-state index contributed by atoms with van der Waals surface area (Å²) in [6, 6.07) is 8.00. The van der Waals surface area contributed by atoms with Crippen LogP contribution in [0.25, 0.3) is 10.9 Å². The predicted molar refractivity (Wildman–Crippen MR) is 80.7 cm³/mol. The van der Waals surface area contributed by atoms with E-state index in [0.29, 0.717) is 26.1 Å². The van der Waals surface area contributed by atoms with Crippen molar-refractivity contribution in [2.24, 2.45) is 0 Å². The zero-order valence-electron chi connectivity index (χ0n) is 11.8. The summed E-state index contributed by atoms with van der Waals surface area (Å²) in [6.07, 6.45) is 4.04. The molecule has 4 heteroatoms. The first-order valence-electron chi connectivity index (χ1n) is 6.69. The van der Waals surface area contributed by atoms with E-state index < -0.39 is 0 Å². The molecule has 0 bridgehead atoms. The van der Waals surface area contributed by atoms with Gasteiger partial charge in [0.2, 0.25) is 5.91 Å². The monoisotopic (exact) mass is 272 g/mol. The van der Waals surface area contributed by atoms with E-state index in [0.717, 1.165) is 16.5 Å². The summed E-state index contributed by atoms with van der Waals surface area (Å²) in [5, 5.41) is 1.10. The number of H-pyrrole nitrogens is 1. The van der Waals surface area contributed by atoms with E-state index in [1.165, 1.54) is 0 Å². The lowest BCUT2D eigenvalue weighted by molar-refractivity contribution is -0.130. The molecule has 0 aliphatic carbocycles. The third-order valence-corrected chi connectivity index (χ3v) is 3.28. The highest BCUT2D eigenvalue weighted by molar-refractivity contribution is 5.88. The molecular weight excluding hydrogens is 252 g/mol. The molecule has 20 heavy (non-hydrogen) atoms. The van der Waals surface area contributed by atoms with Gasteiger partial charge >= 0.3 is 0 Å². The number of aromatic amines is 1. The van der Waals surface area contributed by atoms with Crippen LogP contribution in [0.1, 0.15) is 5.56 Å². The number of ether oxygens (including phenoxy) is 1. The second-order valence-electron chi connectivity index (χ2n) is 4.66. The molecule has 0 unspecified atom stereocenters. The molecule has 0 spiro atoms. The van der Waals surface area contributed by atoms with E-state index in [2.05, 4.69) is 11.6 Å². The highest BCUT2D eigenvalue weighted by Gasteiger charge is 2.14. The number of carbonyl (C=O) groups is 1. The third kappa shape index (κ3) is 3.27. The van der Waals surface area contributed by atoms with Gasteiger partial charge in [0, 0.05) is 37.3 Å². The van der Waals surface area contributed by atoms with Crippen LogP contribution in [-0.4, -0.2) is 42.6 Å². The van der Waals surface area contributed by atoms with Crippen LogP contribution < -0.4 is 0 Å². The lowest BCUT2D eigenvalue weighted by Gasteiger charge is -2.20. The third-order valence-electron chi connectivity index (χ3n) is 3.28. The van der Waals surface area contributed by atoms with Crippen LogP contribution in [0.5, 0.6) is 0 Å². The highest BCUT2D eigenvalue weighted by Crippen LogP contribution is 2.18. The molecule has 1 aromatic carbocycles. The van der Waals surface area contributed by atoms with Crippen LogP contribution in [0.15, 0.2) is 43.1 Å². The largest absolute Gasteiger partial charge is 0.383 e. The molecule has 2 rings (SSSR count). The van der Waals surface area contributed by atoms with Crippen molar-refractivity contribution in [3.63, 3.8) is 0 Å². The Hall–Kier alpha value is -2.07. The Morgan fingerprint density at radius 2 is 2.25 bits per heavy atom. The molecule has 0 radical (unpaired) electrons. The number of fused-ring (bicyclic) bond motifs is 1. The van der Waals surface area contributed by atoms with Crippen molar-refractivity contribution in [3.05, 3.63) is 48.7 Å². The number of para-hydroxylation sites is 1. The van der Waals surface area contributed by atoms with Crippen molar-refractivity contribution in [1.82, 2.24) is 9.88 Å². The molecule has 0 atom stereocenters. The molecule has 0 fully saturated rings. The van der Waals surface area contributed by atoms with Gasteiger partial charge < -0.3 is 14.6 Å². The van der Waals surface area contributed by atoms with Crippen LogP contribution in [-0.2, 0) is 16.0 Å². The summed E-state index contributed by atoms with van der Waals surface area (Å²) in [7, 11) is 1.64. The number of hydrogen-bond acceptors (Lipinski definition) is 2. The topological polar surface area (TPSA) is 45.3 Å². The standard InChI is InChI=1S/C16H20N2O2/c1-3-8-18(9-10-20-2)16(19)11-13-12-17-15-7-5-4-6-14(13)15/h3-7,12,17H,1,8-11H2,2H3. The summed E-state index contributed by atoms with van der Waals surface area (Å²) in [4.78, 5) is 17.3. The lowest BCUT2D eigenvalue weighted by atomic mass is 10.1. The number of benzene rings is 1. The predicted octanol–water partition coefficient (Wildman–Crippen LogP) is 2.37. The Kier molecular flexibility index (Phi) is 4.96. The van der Waals surface area contributed by atoms with E-state index in [9.17, 15) is 4.79 Å². The van der Waals surface area contributed by atoms with Gasteiger partial charge in [-0.15, -0.1) is 6.58 Å². The minimum atomic E-state index is 0.0895. The Labute approximate surface area is 119 Å². The van der Waals surface area contributed by atoms with Gasteiger partial charge in [-0.3, -0.25) is 4.79 Å². The summed E-state index contributed by atoms with van der Waals surface area (Å²) < 4.78 is 5.04. The van der Waals surface area contributed by atoms with Gasteiger partial charge in [-0.1, -0.05) is 24.3 Å². The smallest absolute Gasteiger partial charge is 0.227 e.